The number of alkyl halides is 3. The Kier molecular flexibility index (Phi) is 3.20. The second kappa shape index (κ2) is 4.52. The number of hydrogen-bond acceptors (Lipinski definition) is 4. The molecule has 0 saturated carbocycles. The van der Waals surface area contributed by atoms with E-state index >= 15 is 0 Å². The number of aromatic amines is 1. The molecule has 2 rings (SSSR count). The van der Waals surface area contributed by atoms with Crippen LogP contribution in [0.5, 0.6) is 5.75 Å². The minimum atomic E-state index is -4.79. The molecule has 0 unspecified atom stereocenters. The standard InChI is InChI=1S/C10H7F3N2O2S/c11-10(12,13)17-5-1-2-7-6(3-5)9(16)15-8(4-18)14-7/h1-3,18H,4H2,(H,14,15,16). The SMILES string of the molecule is O=c1[nH]c(CS)nc2ccc(OC(F)(F)F)cc12. The van der Waals surface area contributed by atoms with Gasteiger partial charge in [-0.25, -0.2) is 4.98 Å². The van der Waals surface area contributed by atoms with Gasteiger partial charge < -0.3 is 9.72 Å². The van der Waals surface area contributed by atoms with Crippen molar-refractivity contribution in [3.8, 4) is 5.75 Å². The summed E-state index contributed by atoms with van der Waals surface area (Å²) in [5.74, 6) is 0.118. The molecule has 0 aliphatic carbocycles. The van der Waals surface area contributed by atoms with Crippen molar-refractivity contribution < 1.29 is 17.9 Å². The van der Waals surface area contributed by atoms with Crippen LogP contribution < -0.4 is 10.3 Å². The van der Waals surface area contributed by atoms with E-state index in [-0.39, 0.29) is 16.7 Å². The van der Waals surface area contributed by atoms with Crippen molar-refractivity contribution in [2.75, 3.05) is 0 Å². The number of H-pyrrole nitrogens is 1. The number of halogens is 3. The lowest BCUT2D eigenvalue weighted by atomic mass is 10.2. The van der Waals surface area contributed by atoms with E-state index in [1.54, 1.807) is 0 Å². The molecule has 4 nitrogen and oxygen atoms in total. The summed E-state index contributed by atoms with van der Waals surface area (Å²) in [5.41, 5.74) is -0.242. The molecule has 0 aliphatic heterocycles. The van der Waals surface area contributed by atoms with Gasteiger partial charge in [-0.2, -0.15) is 12.6 Å². The summed E-state index contributed by atoms with van der Waals surface area (Å²) in [7, 11) is 0. The van der Waals surface area contributed by atoms with Crippen LogP contribution in [-0.2, 0) is 5.75 Å². The molecular weight excluding hydrogens is 269 g/mol. The number of fused-ring (bicyclic) bond motifs is 1. The molecule has 0 spiro atoms. The summed E-state index contributed by atoms with van der Waals surface area (Å²) in [6.07, 6.45) is -4.79. The zero-order valence-electron chi connectivity index (χ0n) is 8.78. The van der Waals surface area contributed by atoms with Gasteiger partial charge in [0, 0.05) is 5.75 Å². The maximum atomic E-state index is 12.0. The van der Waals surface area contributed by atoms with E-state index < -0.39 is 17.7 Å². The van der Waals surface area contributed by atoms with Crippen LogP contribution in [0.2, 0.25) is 0 Å². The fourth-order valence-corrected chi connectivity index (χ4v) is 1.59. The Bertz CT molecular complexity index is 639. The zero-order valence-corrected chi connectivity index (χ0v) is 9.68. The third-order valence-electron chi connectivity index (χ3n) is 2.11. The Morgan fingerprint density at radius 3 is 2.72 bits per heavy atom. The molecular formula is C10H7F3N2O2S. The average molecular weight is 276 g/mol. The van der Waals surface area contributed by atoms with E-state index in [1.807, 2.05) is 0 Å². The number of thiol groups is 1. The van der Waals surface area contributed by atoms with Gasteiger partial charge in [0.2, 0.25) is 0 Å². The van der Waals surface area contributed by atoms with Crippen molar-refractivity contribution >= 4 is 23.5 Å². The first-order valence-corrected chi connectivity index (χ1v) is 5.42. The maximum absolute atomic E-state index is 12.0. The van der Waals surface area contributed by atoms with Crippen LogP contribution >= 0.6 is 12.6 Å². The number of hydrogen-bond donors (Lipinski definition) is 2. The predicted molar refractivity (Wildman–Crippen MR) is 61.7 cm³/mol. The number of nitrogens with one attached hydrogen (secondary N) is 1. The molecule has 1 N–H and O–H groups in total. The van der Waals surface area contributed by atoms with Crippen molar-refractivity contribution in [2.45, 2.75) is 12.1 Å². The number of nitrogens with zero attached hydrogens (tertiary/aromatic N) is 1. The summed E-state index contributed by atoms with van der Waals surface area (Å²) in [6.45, 7) is 0. The molecule has 0 atom stereocenters. The largest absolute Gasteiger partial charge is 0.573 e. The highest BCUT2D eigenvalue weighted by molar-refractivity contribution is 7.79. The van der Waals surface area contributed by atoms with Crippen LogP contribution in [-0.4, -0.2) is 16.3 Å². The number of ether oxygens (including phenoxy) is 1. The molecule has 96 valence electrons. The molecule has 1 heterocycles. The van der Waals surface area contributed by atoms with E-state index in [2.05, 4.69) is 27.3 Å². The Morgan fingerprint density at radius 1 is 1.39 bits per heavy atom. The van der Waals surface area contributed by atoms with Crippen LogP contribution in [0.25, 0.3) is 10.9 Å². The number of rotatable bonds is 2. The average Bonchev–Trinajstić information content (AvgIpc) is 2.27. The Hall–Kier alpha value is -1.70. The highest BCUT2D eigenvalue weighted by Gasteiger charge is 2.31. The van der Waals surface area contributed by atoms with Crippen LogP contribution in [0, 0.1) is 0 Å². The lowest BCUT2D eigenvalue weighted by Crippen LogP contribution is -2.17. The smallest absolute Gasteiger partial charge is 0.406 e. The number of aromatic nitrogens is 2. The Morgan fingerprint density at radius 2 is 2.11 bits per heavy atom. The van der Waals surface area contributed by atoms with E-state index in [1.165, 1.54) is 6.07 Å². The van der Waals surface area contributed by atoms with E-state index in [4.69, 9.17) is 0 Å². The summed E-state index contributed by atoms with van der Waals surface area (Å²) in [6, 6.07) is 3.39. The van der Waals surface area contributed by atoms with Gasteiger partial charge in [-0.15, -0.1) is 13.2 Å². The van der Waals surface area contributed by atoms with Crippen LogP contribution in [0.4, 0.5) is 13.2 Å². The van der Waals surface area contributed by atoms with Crippen molar-refractivity contribution in [2.24, 2.45) is 0 Å². The minimum absolute atomic E-state index is 0.0299. The Labute approximate surface area is 104 Å². The summed E-state index contributed by atoms with van der Waals surface area (Å²) in [4.78, 5) is 18.0. The highest BCUT2D eigenvalue weighted by atomic mass is 32.1. The van der Waals surface area contributed by atoms with Crippen molar-refractivity contribution in [1.29, 1.82) is 0 Å². The van der Waals surface area contributed by atoms with Crippen LogP contribution in [0.1, 0.15) is 5.82 Å². The molecule has 0 saturated heterocycles. The summed E-state index contributed by atoms with van der Waals surface area (Å²) in [5, 5.41) is 0.0299. The monoisotopic (exact) mass is 276 g/mol. The second-order valence-electron chi connectivity index (χ2n) is 3.40. The van der Waals surface area contributed by atoms with Crippen molar-refractivity contribution in [3.05, 3.63) is 34.4 Å². The topological polar surface area (TPSA) is 55.0 Å². The molecule has 0 amide bonds. The van der Waals surface area contributed by atoms with Gasteiger partial charge in [-0.1, -0.05) is 0 Å². The molecule has 1 aromatic heterocycles. The Balaban J connectivity index is 2.52. The first-order chi connectivity index (χ1) is 8.39. The van der Waals surface area contributed by atoms with Gasteiger partial charge in [-0.3, -0.25) is 4.79 Å². The normalized spacial score (nSPS) is 11.8. The summed E-state index contributed by atoms with van der Waals surface area (Å²) < 4.78 is 39.8. The minimum Gasteiger partial charge on any atom is -0.406 e. The highest BCUT2D eigenvalue weighted by Crippen LogP contribution is 2.24. The molecule has 0 bridgehead atoms. The third-order valence-corrected chi connectivity index (χ3v) is 2.41. The van der Waals surface area contributed by atoms with E-state index in [0.29, 0.717) is 5.82 Å². The van der Waals surface area contributed by atoms with E-state index in [0.717, 1.165) is 12.1 Å². The fourth-order valence-electron chi connectivity index (χ4n) is 1.44. The van der Waals surface area contributed by atoms with Gasteiger partial charge in [0.05, 0.1) is 10.9 Å². The van der Waals surface area contributed by atoms with Gasteiger partial charge in [0.15, 0.2) is 0 Å². The first-order valence-electron chi connectivity index (χ1n) is 4.78. The predicted octanol–water partition coefficient (Wildman–Crippen LogP) is 2.25. The van der Waals surface area contributed by atoms with Gasteiger partial charge >= 0.3 is 6.36 Å². The lowest BCUT2D eigenvalue weighted by Gasteiger charge is -2.09. The molecule has 18 heavy (non-hydrogen) atoms. The van der Waals surface area contributed by atoms with Gasteiger partial charge in [0.25, 0.3) is 5.56 Å². The third kappa shape index (κ3) is 2.76. The molecule has 0 aliphatic rings. The summed E-state index contributed by atoms with van der Waals surface area (Å²) >= 11 is 3.95. The number of benzene rings is 1. The lowest BCUT2D eigenvalue weighted by molar-refractivity contribution is -0.274. The fraction of sp³-hybridized carbons (Fsp3) is 0.200. The molecule has 8 heteroatoms. The molecule has 2 aromatic rings. The molecule has 1 aromatic carbocycles. The quantitative estimate of drug-likeness (QED) is 0.827. The van der Waals surface area contributed by atoms with Crippen LogP contribution in [0.15, 0.2) is 23.0 Å². The first kappa shape index (κ1) is 12.7. The molecule has 0 radical (unpaired) electrons. The van der Waals surface area contributed by atoms with E-state index in [9.17, 15) is 18.0 Å². The maximum Gasteiger partial charge on any atom is 0.573 e. The van der Waals surface area contributed by atoms with Gasteiger partial charge in [-0.05, 0) is 18.2 Å². The second-order valence-corrected chi connectivity index (χ2v) is 3.71. The molecule has 0 fully saturated rings. The van der Waals surface area contributed by atoms with Crippen molar-refractivity contribution in [1.82, 2.24) is 9.97 Å². The van der Waals surface area contributed by atoms with Gasteiger partial charge in [0.1, 0.15) is 11.6 Å². The van der Waals surface area contributed by atoms with Crippen LogP contribution in [0.3, 0.4) is 0 Å². The zero-order chi connectivity index (χ0) is 13.3. The van der Waals surface area contributed by atoms with Crippen molar-refractivity contribution in [3.63, 3.8) is 0 Å².